The van der Waals surface area contributed by atoms with Crippen LogP contribution in [0.5, 0.6) is 0 Å². The molecule has 4 nitrogen and oxygen atoms in total. The highest BCUT2D eigenvalue weighted by Crippen LogP contribution is 2.28. The highest BCUT2D eigenvalue weighted by Gasteiger charge is 2.22. The van der Waals surface area contributed by atoms with Crippen LogP contribution in [0.1, 0.15) is 31.8 Å². The van der Waals surface area contributed by atoms with E-state index in [1.165, 1.54) is 16.9 Å². The first-order valence-corrected chi connectivity index (χ1v) is 7.69. The summed E-state index contributed by atoms with van der Waals surface area (Å²) in [6.45, 7) is 2.77. The zero-order chi connectivity index (χ0) is 14.8. The first-order chi connectivity index (χ1) is 10.1. The molecule has 0 bridgehead atoms. The van der Waals surface area contributed by atoms with Crippen LogP contribution in [0.25, 0.3) is 0 Å². The highest BCUT2D eigenvalue weighted by atomic mass is 32.1. The summed E-state index contributed by atoms with van der Waals surface area (Å²) in [5, 5.41) is 0. The largest absolute Gasteiger partial charge is 0.458 e. The van der Waals surface area contributed by atoms with E-state index in [0.717, 1.165) is 16.9 Å². The van der Waals surface area contributed by atoms with Crippen molar-refractivity contribution in [1.82, 2.24) is 0 Å². The van der Waals surface area contributed by atoms with Gasteiger partial charge in [0.05, 0.1) is 6.61 Å². The molecule has 1 aromatic heterocycles. The summed E-state index contributed by atoms with van der Waals surface area (Å²) in [5.41, 5.74) is 8.76. The van der Waals surface area contributed by atoms with Crippen molar-refractivity contribution < 1.29 is 14.3 Å². The minimum absolute atomic E-state index is 0.183. The summed E-state index contributed by atoms with van der Waals surface area (Å²) in [4.78, 5) is 13.5. The van der Waals surface area contributed by atoms with Crippen molar-refractivity contribution in [2.75, 3.05) is 18.9 Å². The average Bonchev–Trinajstić information content (AvgIpc) is 2.84. The van der Waals surface area contributed by atoms with Crippen molar-refractivity contribution in [1.29, 1.82) is 0 Å². The zero-order valence-electron chi connectivity index (χ0n) is 11.8. The first kappa shape index (κ1) is 14.1. The topological polar surface area (TPSA) is 61.5 Å². The summed E-state index contributed by atoms with van der Waals surface area (Å²) in [6.07, 6.45) is 0.721. The number of esters is 1. The monoisotopic (exact) mass is 303 g/mol. The molecule has 0 radical (unpaired) electrons. The number of rotatable bonds is 3. The molecule has 0 fully saturated rings. The zero-order valence-corrected chi connectivity index (χ0v) is 12.6. The maximum absolute atomic E-state index is 12.0. The molecule has 1 aromatic carbocycles. The van der Waals surface area contributed by atoms with Gasteiger partial charge in [0.25, 0.3) is 0 Å². The Labute approximate surface area is 127 Å². The minimum Gasteiger partial charge on any atom is -0.458 e. The summed E-state index contributed by atoms with van der Waals surface area (Å²) >= 11 is 1.35. The van der Waals surface area contributed by atoms with E-state index in [1.807, 2.05) is 25.1 Å². The number of hydrogen-bond acceptors (Lipinski definition) is 5. The maximum atomic E-state index is 12.0. The van der Waals surface area contributed by atoms with Gasteiger partial charge in [0.1, 0.15) is 17.6 Å². The molecular formula is C16H17NO3S. The van der Waals surface area contributed by atoms with Gasteiger partial charge in [-0.2, -0.15) is 0 Å². The van der Waals surface area contributed by atoms with Crippen molar-refractivity contribution in [3.63, 3.8) is 0 Å². The summed E-state index contributed by atoms with van der Waals surface area (Å²) in [5.74, 6) is -0.341. The van der Waals surface area contributed by atoms with E-state index in [4.69, 9.17) is 15.2 Å². The molecule has 2 N–H and O–H groups in total. The van der Waals surface area contributed by atoms with Crippen molar-refractivity contribution in [3.05, 3.63) is 51.2 Å². The van der Waals surface area contributed by atoms with E-state index in [-0.39, 0.29) is 18.7 Å². The van der Waals surface area contributed by atoms with Gasteiger partial charge < -0.3 is 15.2 Å². The predicted octanol–water partition coefficient (Wildman–Crippen LogP) is 3.11. The van der Waals surface area contributed by atoms with Crippen LogP contribution in [-0.4, -0.2) is 19.2 Å². The van der Waals surface area contributed by atoms with Crippen molar-refractivity contribution in [2.24, 2.45) is 0 Å². The van der Waals surface area contributed by atoms with Crippen molar-refractivity contribution in [2.45, 2.75) is 19.4 Å². The van der Waals surface area contributed by atoms with E-state index in [0.29, 0.717) is 17.2 Å². The lowest BCUT2D eigenvalue weighted by Gasteiger charge is -2.25. The number of anilines is 1. The lowest BCUT2D eigenvalue weighted by Crippen LogP contribution is -2.21. The van der Waals surface area contributed by atoms with Crippen LogP contribution < -0.4 is 5.73 Å². The second-order valence-corrected chi connectivity index (χ2v) is 6.29. The fourth-order valence-electron chi connectivity index (χ4n) is 2.43. The Morgan fingerprint density at radius 1 is 1.48 bits per heavy atom. The third-order valence-electron chi connectivity index (χ3n) is 3.62. The molecule has 2 heterocycles. The molecule has 5 heteroatoms. The molecule has 0 amide bonds. The van der Waals surface area contributed by atoms with Crippen LogP contribution in [0.4, 0.5) is 5.69 Å². The van der Waals surface area contributed by atoms with Crippen LogP contribution in [0.15, 0.2) is 30.3 Å². The van der Waals surface area contributed by atoms with Gasteiger partial charge in [-0.1, -0.05) is 24.3 Å². The number of fused-ring (bicyclic) bond motifs is 1. The highest BCUT2D eigenvalue weighted by molar-refractivity contribution is 7.14. The molecule has 2 aromatic rings. The fraction of sp³-hybridized carbons (Fsp3) is 0.312. The third kappa shape index (κ3) is 2.94. The Balaban J connectivity index is 1.67. The molecule has 1 unspecified atom stereocenters. The molecular weight excluding hydrogens is 286 g/mol. The van der Waals surface area contributed by atoms with Crippen LogP contribution >= 0.6 is 11.3 Å². The number of benzene rings is 1. The molecule has 0 saturated heterocycles. The van der Waals surface area contributed by atoms with Crippen LogP contribution in [0.3, 0.4) is 0 Å². The first-order valence-electron chi connectivity index (χ1n) is 6.87. The minimum atomic E-state index is -0.341. The Hall–Kier alpha value is -1.85. The molecule has 0 aliphatic carbocycles. The number of nitrogens with two attached hydrogens (primary N) is 1. The van der Waals surface area contributed by atoms with Gasteiger partial charge in [-0.3, -0.25) is 0 Å². The van der Waals surface area contributed by atoms with E-state index in [9.17, 15) is 4.79 Å². The summed E-state index contributed by atoms with van der Waals surface area (Å²) in [7, 11) is 0. The number of carbonyl (C=O) groups is 1. The lowest BCUT2D eigenvalue weighted by molar-refractivity contribution is -0.0151. The summed E-state index contributed by atoms with van der Waals surface area (Å²) < 4.78 is 11.1. The Morgan fingerprint density at radius 3 is 3.05 bits per heavy atom. The molecule has 1 aliphatic rings. The third-order valence-corrected chi connectivity index (χ3v) is 4.66. The van der Waals surface area contributed by atoms with Gasteiger partial charge in [-0.15, -0.1) is 11.3 Å². The average molecular weight is 303 g/mol. The van der Waals surface area contributed by atoms with Crippen molar-refractivity contribution >= 4 is 23.0 Å². The normalized spacial score (nSPS) is 17.3. The van der Waals surface area contributed by atoms with E-state index >= 15 is 0 Å². The van der Waals surface area contributed by atoms with Gasteiger partial charge in [0.15, 0.2) is 0 Å². The second kappa shape index (κ2) is 5.87. The number of aryl methyl sites for hydroxylation is 1. The number of thiophene rings is 1. The van der Waals surface area contributed by atoms with E-state index < -0.39 is 0 Å². The molecule has 0 spiro atoms. The quantitative estimate of drug-likeness (QED) is 0.885. The van der Waals surface area contributed by atoms with Gasteiger partial charge in [-0.25, -0.2) is 4.79 Å². The standard InChI is InChI=1S/C16H17NO3S/c1-10-13(17)8-15(21-10)16(18)20-9-14-12-5-3-2-4-11(12)6-7-19-14/h2-5,8,14H,6-7,9,17H2,1H3. The second-order valence-electron chi connectivity index (χ2n) is 5.03. The van der Waals surface area contributed by atoms with E-state index in [1.54, 1.807) is 6.07 Å². The van der Waals surface area contributed by atoms with E-state index in [2.05, 4.69) is 6.07 Å². The summed E-state index contributed by atoms with van der Waals surface area (Å²) in [6, 6.07) is 9.78. The maximum Gasteiger partial charge on any atom is 0.348 e. The molecule has 0 saturated carbocycles. The number of ether oxygens (including phenoxy) is 2. The van der Waals surface area contributed by atoms with Crippen LogP contribution in [-0.2, 0) is 15.9 Å². The molecule has 1 atom stereocenters. The van der Waals surface area contributed by atoms with Gasteiger partial charge in [0, 0.05) is 10.6 Å². The molecule has 21 heavy (non-hydrogen) atoms. The molecule has 3 rings (SSSR count). The van der Waals surface area contributed by atoms with Gasteiger partial charge in [0.2, 0.25) is 0 Å². The Bertz CT molecular complexity index is 646. The Kier molecular flexibility index (Phi) is 3.94. The van der Waals surface area contributed by atoms with Crippen LogP contribution in [0, 0.1) is 6.92 Å². The van der Waals surface area contributed by atoms with Gasteiger partial charge in [-0.05, 0) is 30.5 Å². The SMILES string of the molecule is Cc1sc(C(=O)OCC2OCCc3ccccc32)cc1N. The number of carbonyl (C=O) groups excluding carboxylic acids is 1. The number of hydrogen-bond donors (Lipinski definition) is 1. The predicted molar refractivity (Wildman–Crippen MR) is 82.6 cm³/mol. The van der Waals surface area contributed by atoms with Crippen LogP contribution in [0.2, 0.25) is 0 Å². The molecule has 1 aliphatic heterocycles. The fourth-order valence-corrected chi connectivity index (χ4v) is 3.27. The van der Waals surface area contributed by atoms with Crippen molar-refractivity contribution in [3.8, 4) is 0 Å². The smallest absolute Gasteiger partial charge is 0.348 e. The number of nitrogen functional groups attached to an aromatic ring is 1. The molecule has 110 valence electrons. The van der Waals surface area contributed by atoms with Gasteiger partial charge >= 0.3 is 5.97 Å². The Morgan fingerprint density at radius 2 is 2.29 bits per heavy atom. The lowest BCUT2D eigenvalue weighted by atomic mass is 9.98.